The van der Waals surface area contributed by atoms with E-state index in [2.05, 4.69) is 20.5 Å². The Balaban J connectivity index is 0.00000280. The lowest BCUT2D eigenvalue weighted by Crippen LogP contribution is -2.51. The van der Waals surface area contributed by atoms with Gasteiger partial charge in [0.1, 0.15) is 5.82 Å². The van der Waals surface area contributed by atoms with Gasteiger partial charge >= 0.3 is 6.18 Å². The average molecular weight is 516 g/mol. The van der Waals surface area contributed by atoms with E-state index in [4.69, 9.17) is 4.74 Å². The molecule has 5 nitrogen and oxygen atoms in total. The van der Waals surface area contributed by atoms with Gasteiger partial charge in [0.25, 0.3) is 0 Å². The summed E-state index contributed by atoms with van der Waals surface area (Å²) < 4.78 is 58.2. The van der Waals surface area contributed by atoms with E-state index in [-0.39, 0.29) is 42.2 Å². The van der Waals surface area contributed by atoms with Crippen LogP contribution in [0.25, 0.3) is 0 Å². The van der Waals surface area contributed by atoms with Crippen LogP contribution in [-0.2, 0) is 17.5 Å². The zero-order valence-electron chi connectivity index (χ0n) is 15.6. The van der Waals surface area contributed by atoms with Crippen LogP contribution < -0.4 is 10.6 Å². The summed E-state index contributed by atoms with van der Waals surface area (Å²) in [5, 5.41) is 5.94. The van der Waals surface area contributed by atoms with Crippen molar-refractivity contribution in [3.63, 3.8) is 0 Å². The van der Waals surface area contributed by atoms with Gasteiger partial charge in [-0.05, 0) is 37.1 Å². The molecule has 2 saturated heterocycles. The van der Waals surface area contributed by atoms with Gasteiger partial charge in [0, 0.05) is 32.7 Å². The Bertz CT molecular complexity index is 686. The summed E-state index contributed by atoms with van der Waals surface area (Å²) in [6, 6.07) is 3.18. The number of morpholine rings is 1. The first-order valence-electron chi connectivity index (χ1n) is 9.02. The first-order chi connectivity index (χ1) is 12.9. The maximum absolute atomic E-state index is 13.2. The highest BCUT2D eigenvalue weighted by atomic mass is 127. The quantitative estimate of drug-likeness (QED) is 0.280. The second-order valence-corrected chi connectivity index (χ2v) is 6.85. The van der Waals surface area contributed by atoms with Crippen LogP contribution in [0, 0.1) is 5.82 Å². The summed E-state index contributed by atoms with van der Waals surface area (Å²) in [6.07, 6.45) is -2.24. The van der Waals surface area contributed by atoms with Crippen molar-refractivity contribution in [3.8, 4) is 0 Å². The van der Waals surface area contributed by atoms with Crippen molar-refractivity contribution in [2.75, 3.05) is 33.3 Å². The van der Waals surface area contributed by atoms with Gasteiger partial charge in [-0.15, -0.1) is 24.0 Å². The molecule has 1 aromatic rings. The van der Waals surface area contributed by atoms with Crippen molar-refractivity contribution < 1.29 is 22.3 Å². The number of halogens is 5. The van der Waals surface area contributed by atoms with Gasteiger partial charge in [0.2, 0.25) is 0 Å². The van der Waals surface area contributed by atoms with Crippen LogP contribution in [-0.4, -0.2) is 56.3 Å². The third kappa shape index (κ3) is 5.93. The molecule has 2 N–H and O–H groups in total. The molecule has 2 unspecified atom stereocenters. The van der Waals surface area contributed by atoms with E-state index in [1.807, 2.05) is 0 Å². The lowest BCUT2D eigenvalue weighted by molar-refractivity contribution is -0.138. The Morgan fingerprint density at radius 1 is 1.32 bits per heavy atom. The molecule has 158 valence electrons. The highest BCUT2D eigenvalue weighted by Crippen LogP contribution is 2.32. The molecule has 2 fully saturated rings. The fraction of sp³-hybridized carbons (Fsp3) is 0.611. The average Bonchev–Trinajstić information content (AvgIpc) is 3.09. The second-order valence-electron chi connectivity index (χ2n) is 6.85. The van der Waals surface area contributed by atoms with Gasteiger partial charge < -0.3 is 15.4 Å². The lowest BCUT2D eigenvalue weighted by Gasteiger charge is -2.35. The second kappa shape index (κ2) is 10.1. The molecule has 1 aromatic carbocycles. The zero-order valence-corrected chi connectivity index (χ0v) is 17.9. The molecule has 0 aliphatic carbocycles. The number of nitrogens with zero attached hydrogens (tertiary/aromatic N) is 2. The highest BCUT2D eigenvalue weighted by Gasteiger charge is 2.34. The lowest BCUT2D eigenvalue weighted by atomic mass is 10.1. The maximum Gasteiger partial charge on any atom is 0.416 e. The minimum Gasteiger partial charge on any atom is -0.373 e. The molecule has 28 heavy (non-hydrogen) atoms. The Kier molecular flexibility index (Phi) is 8.31. The van der Waals surface area contributed by atoms with Crippen LogP contribution in [0.3, 0.4) is 0 Å². The fourth-order valence-electron chi connectivity index (χ4n) is 3.59. The normalized spacial score (nSPS) is 23.1. The molecule has 2 atom stereocenters. The molecule has 0 spiro atoms. The number of hydrogen-bond donors (Lipinski definition) is 2. The number of ether oxygens (including phenoxy) is 1. The number of guanidine groups is 1. The monoisotopic (exact) mass is 516 g/mol. The van der Waals surface area contributed by atoms with Crippen LogP contribution >= 0.6 is 24.0 Å². The summed E-state index contributed by atoms with van der Waals surface area (Å²) >= 11 is 0. The Hall–Kier alpha value is -1.14. The zero-order chi connectivity index (χ0) is 19.4. The molecule has 0 saturated carbocycles. The fourth-order valence-corrected chi connectivity index (χ4v) is 3.59. The molecule has 2 heterocycles. The summed E-state index contributed by atoms with van der Waals surface area (Å²) in [5.74, 6) is -0.539. The van der Waals surface area contributed by atoms with Crippen molar-refractivity contribution in [1.82, 2.24) is 15.5 Å². The third-order valence-electron chi connectivity index (χ3n) is 5.01. The predicted molar refractivity (Wildman–Crippen MR) is 109 cm³/mol. The van der Waals surface area contributed by atoms with Crippen LogP contribution in [0.4, 0.5) is 17.6 Å². The maximum atomic E-state index is 13.2. The highest BCUT2D eigenvalue weighted by molar-refractivity contribution is 14.0. The van der Waals surface area contributed by atoms with Gasteiger partial charge in [0.15, 0.2) is 5.96 Å². The third-order valence-corrected chi connectivity index (χ3v) is 5.01. The van der Waals surface area contributed by atoms with Gasteiger partial charge in [-0.2, -0.15) is 13.2 Å². The summed E-state index contributed by atoms with van der Waals surface area (Å²) in [6.45, 7) is 3.03. The number of hydrogen-bond acceptors (Lipinski definition) is 3. The summed E-state index contributed by atoms with van der Waals surface area (Å²) in [7, 11) is 1.54. The Morgan fingerprint density at radius 3 is 2.82 bits per heavy atom. The molecular formula is C18H25F4IN4O. The Labute approximate surface area is 178 Å². The number of benzene rings is 1. The Morgan fingerprint density at radius 2 is 2.11 bits per heavy atom. The number of alkyl halides is 3. The number of aliphatic imine (C=N–C) groups is 1. The van der Waals surface area contributed by atoms with E-state index < -0.39 is 17.6 Å². The molecule has 0 amide bonds. The van der Waals surface area contributed by atoms with Gasteiger partial charge in [-0.3, -0.25) is 9.89 Å². The van der Waals surface area contributed by atoms with E-state index in [9.17, 15) is 17.6 Å². The van der Waals surface area contributed by atoms with Crippen molar-refractivity contribution in [2.24, 2.45) is 4.99 Å². The van der Waals surface area contributed by atoms with Gasteiger partial charge in [0.05, 0.1) is 18.3 Å². The van der Waals surface area contributed by atoms with Gasteiger partial charge in [-0.25, -0.2) is 4.39 Å². The number of rotatable bonds is 4. The molecule has 0 aromatic heterocycles. The van der Waals surface area contributed by atoms with E-state index in [0.717, 1.165) is 25.2 Å². The minimum absolute atomic E-state index is 0. The topological polar surface area (TPSA) is 48.9 Å². The smallest absolute Gasteiger partial charge is 0.373 e. The molecule has 2 aliphatic heterocycles. The van der Waals surface area contributed by atoms with Crippen LogP contribution in [0.5, 0.6) is 0 Å². The molecule has 0 radical (unpaired) electrons. The first kappa shape index (κ1) is 23.1. The largest absolute Gasteiger partial charge is 0.416 e. The van der Waals surface area contributed by atoms with Gasteiger partial charge in [-0.1, -0.05) is 6.07 Å². The van der Waals surface area contributed by atoms with Crippen LogP contribution in [0.15, 0.2) is 23.2 Å². The molecule has 3 rings (SSSR count). The number of nitrogens with one attached hydrogen (secondary N) is 2. The van der Waals surface area contributed by atoms with Crippen molar-refractivity contribution >= 4 is 29.9 Å². The van der Waals surface area contributed by atoms with E-state index >= 15 is 0 Å². The predicted octanol–water partition coefficient (Wildman–Crippen LogP) is 2.99. The molecular weight excluding hydrogens is 491 g/mol. The van der Waals surface area contributed by atoms with Crippen LogP contribution in [0.1, 0.15) is 24.0 Å². The first-order valence-corrected chi connectivity index (χ1v) is 9.02. The van der Waals surface area contributed by atoms with E-state index in [0.29, 0.717) is 31.2 Å². The molecule has 10 heteroatoms. The number of fused-ring (bicyclic) bond motifs is 1. The standard InChI is InChI=1S/C18H24F4N4O.HI/c1-23-17(25-9-15-10-26-6-2-3-14(26)11-27-15)24-8-12-4-5-13(19)7-16(12)18(20,21)22;/h4-5,7,14-15H,2-3,6,8-11H2,1H3,(H2,23,24,25);1H. The SMILES string of the molecule is CN=C(NCc1ccc(F)cc1C(F)(F)F)NCC1CN2CCCC2CO1.I. The minimum atomic E-state index is -4.61. The van der Waals surface area contributed by atoms with Crippen molar-refractivity contribution in [1.29, 1.82) is 0 Å². The molecule has 0 bridgehead atoms. The van der Waals surface area contributed by atoms with Crippen LogP contribution in [0.2, 0.25) is 0 Å². The summed E-state index contributed by atoms with van der Waals surface area (Å²) in [5.41, 5.74) is -1.03. The molecule has 2 aliphatic rings. The van der Waals surface area contributed by atoms with E-state index in [1.165, 1.54) is 12.8 Å². The summed E-state index contributed by atoms with van der Waals surface area (Å²) in [4.78, 5) is 6.45. The van der Waals surface area contributed by atoms with Crippen molar-refractivity contribution in [2.45, 2.75) is 37.7 Å². The van der Waals surface area contributed by atoms with E-state index in [1.54, 1.807) is 7.05 Å². The van der Waals surface area contributed by atoms with Crippen molar-refractivity contribution in [3.05, 3.63) is 35.1 Å².